The number of aromatic nitrogens is 2. The maximum Gasteiger partial charge on any atom is 0.305 e. The number of morpholine rings is 1. The van der Waals surface area contributed by atoms with Crippen molar-refractivity contribution in [2.75, 3.05) is 31.2 Å². The molecule has 0 saturated carbocycles. The van der Waals surface area contributed by atoms with Crippen LogP contribution in [0.15, 0.2) is 59.4 Å². The Hall–Kier alpha value is -3.92. The molecule has 1 unspecified atom stereocenters. The number of halogens is 1. The Balaban J connectivity index is 1.54. The van der Waals surface area contributed by atoms with Gasteiger partial charge in [0.15, 0.2) is 0 Å². The van der Waals surface area contributed by atoms with Crippen molar-refractivity contribution in [3.8, 4) is 5.69 Å². The van der Waals surface area contributed by atoms with Gasteiger partial charge in [-0.3, -0.25) is 19.5 Å². The van der Waals surface area contributed by atoms with Crippen molar-refractivity contribution in [2.24, 2.45) is 0 Å². The molecule has 1 aliphatic heterocycles. The van der Waals surface area contributed by atoms with Gasteiger partial charge < -0.3 is 20.1 Å². The lowest BCUT2D eigenvalue weighted by molar-refractivity contribution is -0.137. The van der Waals surface area contributed by atoms with Crippen molar-refractivity contribution in [3.63, 3.8) is 0 Å². The molecule has 1 aliphatic rings. The predicted octanol–water partition coefficient (Wildman–Crippen LogP) is 2.09. The van der Waals surface area contributed by atoms with Crippen molar-refractivity contribution in [1.82, 2.24) is 15.1 Å². The smallest absolute Gasteiger partial charge is 0.305 e. The van der Waals surface area contributed by atoms with Crippen LogP contribution in [0.25, 0.3) is 5.69 Å². The minimum absolute atomic E-state index is 0.0256. The maximum absolute atomic E-state index is 14.1. The number of benzene rings is 2. The number of amides is 1. The van der Waals surface area contributed by atoms with Crippen LogP contribution in [-0.4, -0.2) is 53.1 Å². The molecule has 9 nitrogen and oxygen atoms in total. The van der Waals surface area contributed by atoms with E-state index in [1.807, 2.05) is 12.1 Å². The molecular weight excluding hydrogens is 431 g/mol. The maximum atomic E-state index is 14.1. The quantitative estimate of drug-likeness (QED) is 0.503. The van der Waals surface area contributed by atoms with Gasteiger partial charge in [-0.05, 0) is 29.8 Å². The summed E-state index contributed by atoms with van der Waals surface area (Å²) in [5.74, 6) is -2.39. The molecule has 2 aromatic carbocycles. The molecule has 0 radical (unpaired) electrons. The van der Waals surface area contributed by atoms with E-state index in [0.29, 0.717) is 18.8 Å². The number of hydrogen-bond donors (Lipinski definition) is 3. The summed E-state index contributed by atoms with van der Waals surface area (Å²) in [4.78, 5) is 38.7. The second-order valence-electron chi connectivity index (χ2n) is 7.61. The Labute approximate surface area is 188 Å². The van der Waals surface area contributed by atoms with E-state index in [4.69, 9.17) is 4.74 Å². The van der Waals surface area contributed by atoms with Crippen LogP contribution in [0.5, 0.6) is 0 Å². The van der Waals surface area contributed by atoms with Crippen LogP contribution in [0.3, 0.4) is 0 Å². The number of anilines is 1. The lowest BCUT2D eigenvalue weighted by Gasteiger charge is -2.29. The Morgan fingerprint density at radius 1 is 1.12 bits per heavy atom. The zero-order valence-electron chi connectivity index (χ0n) is 17.7. The highest BCUT2D eigenvalue weighted by atomic mass is 19.1. The second kappa shape index (κ2) is 9.70. The van der Waals surface area contributed by atoms with Gasteiger partial charge in [0.1, 0.15) is 17.2 Å². The van der Waals surface area contributed by atoms with E-state index in [0.717, 1.165) is 29.5 Å². The SMILES string of the molecule is O=C(O)CC(NC(=O)c1cc(=O)n(-c2ccccc2F)[nH]1)c1ccc(N2CCOCC2)cc1. The number of ether oxygens (including phenoxy) is 1. The number of rotatable bonds is 7. The Morgan fingerprint density at radius 3 is 2.48 bits per heavy atom. The van der Waals surface area contributed by atoms with Gasteiger partial charge in [-0.25, -0.2) is 9.07 Å². The number of carbonyl (C=O) groups excluding carboxylic acids is 1. The standard InChI is InChI=1S/C23H23FN4O5/c24-17-3-1-2-4-20(17)28-21(29)13-19(26-28)23(32)25-18(14-22(30)31)15-5-7-16(8-6-15)27-9-11-33-12-10-27/h1-8,13,18,26H,9-12,14H2,(H,25,32)(H,30,31). The third-order valence-corrected chi connectivity index (χ3v) is 5.41. The molecule has 1 aromatic heterocycles. The number of hydrogen-bond acceptors (Lipinski definition) is 5. The molecule has 172 valence electrons. The number of aromatic amines is 1. The average molecular weight is 454 g/mol. The molecule has 1 saturated heterocycles. The van der Waals surface area contributed by atoms with Crippen molar-refractivity contribution in [2.45, 2.75) is 12.5 Å². The van der Waals surface area contributed by atoms with Gasteiger partial charge >= 0.3 is 5.97 Å². The molecular formula is C23H23FN4O5. The number of carbonyl (C=O) groups is 2. The zero-order valence-corrected chi connectivity index (χ0v) is 17.7. The first-order chi connectivity index (χ1) is 15.9. The van der Waals surface area contributed by atoms with E-state index in [1.165, 1.54) is 18.2 Å². The normalized spacial score (nSPS) is 14.6. The van der Waals surface area contributed by atoms with Crippen LogP contribution in [0.1, 0.15) is 28.5 Å². The van der Waals surface area contributed by atoms with Crippen LogP contribution in [0.2, 0.25) is 0 Å². The Bertz CT molecular complexity index is 1200. The fourth-order valence-electron chi connectivity index (χ4n) is 3.73. The van der Waals surface area contributed by atoms with Crippen LogP contribution in [0, 0.1) is 5.82 Å². The largest absolute Gasteiger partial charge is 0.481 e. The van der Waals surface area contributed by atoms with Crippen LogP contribution in [0.4, 0.5) is 10.1 Å². The van der Waals surface area contributed by atoms with E-state index < -0.39 is 29.3 Å². The van der Waals surface area contributed by atoms with Gasteiger partial charge in [-0.2, -0.15) is 0 Å². The third-order valence-electron chi connectivity index (χ3n) is 5.41. The molecule has 4 rings (SSSR count). The summed E-state index contributed by atoms with van der Waals surface area (Å²) in [7, 11) is 0. The fraction of sp³-hybridized carbons (Fsp3) is 0.261. The number of aliphatic carboxylic acids is 1. The van der Waals surface area contributed by atoms with Crippen LogP contribution in [-0.2, 0) is 9.53 Å². The first-order valence-electron chi connectivity index (χ1n) is 10.4. The summed E-state index contributed by atoms with van der Waals surface area (Å²) in [5.41, 5.74) is 0.841. The van der Waals surface area contributed by atoms with Crippen LogP contribution >= 0.6 is 0 Å². The highest BCUT2D eigenvalue weighted by Gasteiger charge is 2.22. The van der Waals surface area contributed by atoms with Gasteiger partial charge in [0.25, 0.3) is 11.5 Å². The zero-order chi connectivity index (χ0) is 23.4. The summed E-state index contributed by atoms with van der Waals surface area (Å²) < 4.78 is 20.3. The molecule has 1 amide bonds. The van der Waals surface area contributed by atoms with Crippen molar-refractivity contribution < 1.29 is 23.8 Å². The molecule has 2 heterocycles. The van der Waals surface area contributed by atoms with Crippen LogP contribution < -0.4 is 15.8 Å². The minimum Gasteiger partial charge on any atom is -0.481 e. The topological polar surface area (TPSA) is 117 Å². The highest BCUT2D eigenvalue weighted by molar-refractivity contribution is 5.92. The predicted molar refractivity (Wildman–Crippen MR) is 118 cm³/mol. The number of para-hydroxylation sites is 1. The first-order valence-corrected chi connectivity index (χ1v) is 10.4. The molecule has 1 fully saturated rings. The Morgan fingerprint density at radius 2 is 1.82 bits per heavy atom. The Kier molecular flexibility index (Phi) is 6.55. The van der Waals surface area contributed by atoms with E-state index >= 15 is 0 Å². The number of carboxylic acids is 1. The molecule has 0 bridgehead atoms. The van der Waals surface area contributed by atoms with E-state index in [9.17, 15) is 23.9 Å². The average Bonchev–Trinajstić information content (AvgIpc) is 3.21. The van der Waals surface area contributed by atoms with E-state index in [2.05, 4.69) is 15.3 Å². The number of H-pyrrole nitrogens is 1. The third kappa shape index (κ3) is 5.12. The lowest BCUT2D eigenvalue weighted by atomic mass is 10.0. The summed E-state index contributed by atoms with van der Waals surface area (Å²) in [6, 6.07) is 13.2. The molecule has 0 spiro atoms. The molecule has 10 heteroatoms. The first kappa shape index (κ1) is 22.3. The van der Waals surface area contributed by atoms with Crippen molar-refractivity contribution in [1.29, 1.82) is 0 Å². The van der Waals surface area contributed by atoms with Gasteiger partial charge in [0.05, 0.1) is 25.7 Å². The van der Waals surface area contributed by atoms with Crippen molar-refractivity contribution >= 4 is 17.6 Å². The molecule has 3 N–H and O–H groups in total. The number of nitrogens with one attached hydrogen (secondary N) is 2. The summed E-state index contributed by atoms with van der Waals surface area (Å²) in [6.07, 6.45) is -0.346. The monoisotopic (exact) mass is 454 g/mol. The molecule has 1 atom stereocenters. The molecule has 0 aliphatic carbocycles. The minimum atomic E-state index is -1.09. The highest BCUT2D eigenvalue weighted by Crippen LogP contribution is 2.23. The molecule has 33 heavy (non-hydrogen) atoms. The number of nitrogens with zero attached hydrogens (tertiary/aromatic N) is 2. The summed E-state index contributed by atoms with van der Waals surface area (Å²) in [5, 5.41) is 14.6. The fourth-order valence-corrected chi connectivity index (χ4v) is 3.73. The van der Waals surface area contributed by atoms with E-state index in [-0.39, 0.29) is 17.8 Å². The van der Waals surface area contributed by atoms with Gasteiger partial charge in [0, 0.05) is 24.8 Å². The van der Waals surface area contributed by atoms with Gasteiger partial charge in [-0.15, -0.1) is 0 Å². The summed E-state index contributed by atoms with van der Waals surface area (Å²) >= 11 is 0. The van der Waals surface area contributed by atoms with Gasteiger partial charge in [-0.1, -0.05) is 24.3 Å². The lowest BCUT2D eigenvalue weighted by Crippen LogP contribution is -2.36. The van der Waals surface area contributed by atoms with E-state index in [1.54, 1.807) is 18.2 Å². The summed E-state index contributed by atoms with van der Waals surface area (Å²) in [6.45, 7) is 2.82. The second-order valence-corrected chi connectivity index (χ2v) is 7.61. The number of carboxylic acid groups (broad SMARTS) is 1. The van der Waals surface area contributed by atoms with Gasteiger partial charge in [0.2, 0.25) is 0 Å². The van der Waals surface area contributed by atoms with Crippen molar-refractivity contribution in [3.05, 3.63) is 82.0 Å². The molecule has 3 aromatic rings.